The lowest BCUT2D eigenvalue weighted by atomic mass is 10.1. The zero-order valence-corrected chi connectivity index (χ0v) is 18.0. The number of benzene rings is 2. The van der Waals surface area contributed by atoms with Crippen LogP contribution in [0.5, 0.6) is 11.5 Å². The fraction of sp³-hybridized carbons (Fsp3) is 0.333. The average Bonchev–Trinajstić information content (AvgIpc) is 2.62. The molecule has 6 heteroatoms. The fourth-order valence-corrected chi connectivity index (χ4v) is 3.28. The Bertz CT molecular complexity index is 750. The van der Waals surface area contributed by atoms with Crippen molar-refractivity contribution >= 4 is 35.6 Å². The molecule has 0 radical (unpaired) electrons. The number of rotatable bonds is 10. The molecule has 1 N–H and O–H groups in total. The van der Waals surface area contributed by atoms with Crippen LogP contribution in [0.4, 0.5) is 0 Å². The van der Waals surface area contributed by atoms with Crippen LogP contribution in [0, 0.1) is 0 Å². The number of nitrogens with one attached hydrogen (secondary N) is 1. The largest absolute Gasteiger partial charge is 0.493 e. The molecule has 0 aliphatic heterocycles. The smallest absolute Gasteiger partial charge is 0.164 e. The van der Waals surface area contributed by atoms with Gasteiger partial charge in [-0.2, -0.15) is 0 Å². The summed E-state index contributed by atoms with van der Waals surface area (Å²) >= 11 is 12.1. The van der Waals surface area contributed by atoms with E-state index in [1.54, 1.807) is 13.2 Å². The van der Waals surface area contributed by atoms with E-state index in [4.69, 9.17) is 32.7 Å². The van der Waals surface area contributed by atoms with Crippen molar-refractivity contribution in [2.45, 2.75) is 26.3 Å². The predicted molar refractivity (Wildman–Crippen MR) is 117 cm³/mol. The Morgan fingerprint density at radius 2 is 1.93 bits per heavy atom. The van der Waals surface area contributed by atoms with E-state index in [-0.39, 0.29) is 12.4 Å². The van der Waals surface area contributed by atoms with Gasteiger partial charge in [-0.1, -0.05) is 41.4 Å². The summed E-state index contributed by atoms with van der Waals surface area (Å²) in [5, 5.41) is 4.81. The maximum absolute atomic E-state index is 6.22. The molecule has 148 valence electrons. The lowest BCUT2D eigenvalue weighted by molar-refractivity contribution is 0.308. The van der Waals surface area contributed by atoms with Gasteiger partial charge in [0.25, 0.3) is 0 Å². The standard InChI is InChI=1S/C21H25Cl2NO2.ClH/c1-4-6-17-11-15(12-20(25-3)21(17)26-5-2)14-24-10-9-16-7-8-18(22)13-19(16)23;/h4,7-8,11-13,24H,1,5-6,9-10,14H2,2-3H3;1H. The topological polar surface area (TPSA) is 30.5 Å². The summed E-state index contributed by atoms with van der Waals surface area (Å²) in [5.41, 5.74) is 3.31. The summed E-state index contributed by atoms with van der Waals surface area (Å²) in [6.45, 7) is 7.94. The summed E-state index contributed by atoms with van der Waals surface area (Å²) in [6.07, 6.45) is 3.45. The average molecular weight is 431 g/mol. The number of methoxy groups -OCH3 is 1. The molecule has 0 bridgehead atoms. The van der Waals surface area contributed by atoms with Crippen molar-refractivity contribution in [2.75, 3.05) is 20.3 Å². The van der Waals surface area contributed by atoms with E-state index in [1.807, 2.05) is 31.2 Å². The summed E-state index contributed by atoms with van der Waals surface area (Å²) in [7, 11) is 1.66. The van der Waals surface area contributed by atoms with E-state index in [0.29, 0.717) is 16.7 Å². The molecule has 0 saturated carbocycles. The maximum atomic E-state index is 6.22. The molecule has 0 spiro atoms. The molecule has 27 heavy (non-hydrogen) atoms. The molecule has 2 rings (SSSR count). The van der Waals surface area contributed by atoms with Crippen LogP contribution < -0.4 is 14.8 Å². The van der Waals surface area contributed by atoms with Gasteiger partial charge in [-0.3, -0.25) is 0 Å². The molecule has 0 fully saturated rings. The first-order valence-corrected chi connectivity index (χ1v) is 9.42. The summed E-state index contributed by atoms with van der Waals surface area (Å²) in [4.78, 5) is 0. The van der Waals surface area contributed by atoms with Crippen LogP contribution in [-0.2, 0) is 19.4 Å². The molecular weight excluding hydrogens is 405 g/mol. The predicted octanol–water partition coefficient (Wildman–Crippen LogP) is 5.88. The zero-order valence-electron chi connectivity index (χ0n) is 15.7. The zero-order chi connectivity index (χ0) is 18.9. The van der Waals surface area contributed by atoms with Gasteiger partial charge in [0.05, 0.1) is 13.7 Å². The molecular formula is C21H26Cl3NO2. The molecule has 0 aliphatic carbocycles. The van der Waals surface area contributed by atoms with Crippen molar-refractivity contribution in [1.82, 2.24) is 5.32 Å². The Hall–Kier alpha value is -1.39. The van der Waals surface area contributed by atoms with Crippen LogP contribution in [-0.4, -0.2) is 20.3 Å². The first-order valence-electron chi connectivity index (χ1n) is 8.67. The highest BCUT2D eigenvalue weighted by Crippen LogP contribution is 2.33. The van der Waals surface area contributed by atoms with Gasteiger partial charge in [-0.05, 0) is 55.6 Å². The monoisotopic (exact) mass is 429 g/mol. The highest BCUT2D eigenvalue weighted by Gasteiger charge is 2.12. The van der Waals surface area contributed by atoms with Crippen molar-refractivity contribution in [3.05, 3.63) is 69.7 Å². The Kier molecular flexibility index (Phi) is 10.6. The molecule has 3 nitrogen and oxygen atoms in total. The molecule has 2 aromatic rings. The van der Waals surface area contributed by atoms with Crippen LogP contribution in [0.2, 0.25) is 10.0 Å². The highest BCUT2D eigenvalue weighted by atomic mass is 35.5. The Morgan fingerprint density at radius 1 is 1.15 bits per heavy atom. The van der Waals surface area contributed by atoms with Gasteiger partial charge in [-0.25, -0.2) is 0 Å². The second kappa shape index (κ2) is 12.1. The second-order valence-corrected chi connectivity index (χ2v) is 6.72. The van der Waals surface area contributed by atoms with Crippen LogP contribution in [0.1, 0.15) is 23.6 Å². The first kappa shape index (κ1) is 23.6. The van der Waals surface area contributed by atoms with Crippen molar-refractivity contribution in [1.29, 1.82) is 0 Å². The van der Waals surface area contributed by atoms with Gasteiger partial charge < -0.3 is 14.8 Å². The van der Waals surface area contributed by atoms with E-state index in [9.17, 15) is 0 Å². The van der Waals surface area contributed by atoms with E-state index >= 15 is 0 Å². The molecule has 0 aliphatic rings. The number of hydrogen-bond donors (Lipinski definition) is 1. The number of hydrogen-bond acceptors (Lipinski definition) is 3. The Labute approximate surface area is 178 Å². The number of allylic oxidation sites excluding steroid dienone is 1. The van der Waals surface area contributed by atoms with Crippen molar-refractivity contribution in [3.8, 4) is 11.5 Å². The minimum Gasteiger partial charge on any atom is -0.493 e. The molecule has 0 atom stereocenters. The van der Waals surface area contributed by atoms with Crippen molar-refractivity contribution in [3.63, 3.8) is 0 Å². The van der Waals surface area contributed by atoms with Crippen molar-refractivity contribution < 1.29 is 9.47 Å². The number of halogens is 3. The quantitative estimate of drug-likeness (QED) is 0.377. The normalized spacial score (nSPS) is 10.2. The van der Waals surface area contributed by atoms with Gasteiger partial charge in [0.1, 0.15) is 0 Å². The van der Waals surface area contributed by atoms with Crippen LogP contribution in [0.15, 0.2) is 43.0 Å². The van der Waals surface area contributed by atoms with E-state index in [1.165, 1.54) is 0 Å². The van der Waals surface area contributed by atoms with Gasteiger partial charge in [-0.15, -0.1) is 19.0 Å². The highest BCUT2D eigenvalue weighted by molar-refractivity contribution is 6.35. The summed E-state index contributed by atoms with van der Waals surface area (Å²) < 4.78 is 11.3. The van der Waals surface area contributed by atoms with Gasteiger partial charge in [0.15, 0.2) is 11.5 Å². The van der Waals surface area contributed by atoms with Gasteiger partial charge in [0.2, 0.25) is 0 Å². The Balaban J connectivity index is 0.00000364. The van der Waals surface area contributed by atoms with Crippen LogP contribution in [0.25, 0.3) is 0 Å². The third kappa shape index (κ3) is 6.93. The fourth-order valence-electron chi connectivity index (χ4n) is 2.77. The van der Waals surface area contributed by atoms with E-state index < -0.39 is 0 Å². The molecule has 0 unspecified atom stereocenters. The Morgan fingerprint density at radius 3 is 2.56 bits per heavy atom. The molecule has 0 aromatic heterocycles. The van der Waals surface area contributed by atoms with E-state index in [0.717, 1.165) is 54.1 Å². The molecule has 0 amide bonds. The third-order valence-corrected chi connectivity index (χ3v) is 4.57. The third-order valence-electron chi connectivity index (χ3n) is 3.98. The van der Waals surface area contributed by atoms with Crippen LogP contribution in [0.3, 0.4) is 0 Å². The lowest BCUT2D eigenvalue weighted by Gasteiger charge is -2.16. The van der Waals surface area contributed by atoms with Gasteiger partial charge >= 0.3 is 0 Å². The van der Waals surface area contributed by atoms with Gasteiger partial charge in [0, 0.05) is 22.2 Å². The minimum atomic E-state index is 0. The van der Waals surface area contributed by atoms with E-state index in [2.05, 4.69) is 18.0 Å². The van der Waals surface area contributed by atoms with Crippen LogP contribution >= 0.6 is 35.6 Å². The molecule has 2 aromatic carbocycles. The summed E-state index contributed by atoms with van der Waals surface area (Å²) in [5.74, 6) is 1.55. The lowest BCUT2D eigenvalue weighted by Crippen LogP contribution is -2.17. The maximum Gasteiger partial charge on any atom is 0.164 e. The first-order chi connectivity index (χ1) is 12.6. The number of ether oxygens (including phenoxy) is 2. The summed E-state index contributed by atoms with van der Waals surface area (Å²) in [6, 6.07) is 9.75. The second-order valence-electron chi connectivity index (χ2n) is 5.87. The SMILES string of the molecule is C=CCc1cc(CNCCc2ccc(Cl)cc2Cl)cc(OC)c1OCC.Cl. The minimum absolute atomic E-state index is 0. The molecule has 0 saturated heterocycles. The van der Waals surface area contributed by atoms with Crippen molar-refractivity contribution in [2.24, 2.45) is 0 Å². The molecule has 0 heterocycles.